The van der Waals surface area contributed by atoms with Crippen molar-refractivity contribution in [2.75, 3.05) is 13.6 Å². The van der Waals surface area contributed by atoms with E-state index in [-0.39, 0.29) is 5.91 Å². The van der Waals surface area contributed by atoms with Crippen LogP contribution in [0.5, 0.6) is 0 Å². The van der Waals surface area contributed by atoms with Crippen LogP contribution in [0.4, 0.5) is 0 Å². The molecule has 5 nitrogen and oxygen atoms in total. The van der Waals surface area contributed by atoms with Crippen molar-refractivity contribution in [3.8, 4) is 11.4 Å². The van der Waals surface area contributed by atoms with Crippen molar-refractivity contribution in [2.24, 2.45) is 0 Å². The first-order valence-corrected chi connectivity index (χ1v) is 7.80. The molecule has 118 valence electrons. The molecule has 0 radical (unpaired) electrons. The number of amides is 1. The van der Waals surface area contributed by atoms with E-state index < -0.39 is 0 Å². The summed E-state index contributed by atoms with van der Waals surface area (Å²) in [5, 5.41) is 4.55. The highest BCUT2D eigenvalue weighted by Crippen LogP contribution is 2.20. The maximum Gasteiger partial charge on any atom is 0.227 e. The lowest BCUT2D eigenvalue weighted by Gasteiger charge is -2.15. The number of unbranched alkanes of at least 4 members (excludes halogenated alkanes) is 1. The molecule has 0 unspecified atom stereocenters. The van der Waals surface area contributed by atoms with Crippen LogP contribution in [0.3, 0.4) is 0 Å². The second kappa shape index (κ2) is 7.94. The third kappa shape index (κ3) is 4.56. The van der Waals surface area contributed by atoms with E-state index in [2.05, 4.69) is 17.1 Å². The summed E-state index contributed by atoms with van der Waals surface area (Å²) in [6.07, 6.45) is 2.91. The van der Waals surface area contributed by atoms with Gasteiger partial charge in [-0.05, 0) is 18.6 Å². The Hall–Kier alpha value is -1.88. The summed E-state index contributed by atoms with van der Waals surface area (Å²) < 4.78 is 5.20. The van der Waals surface area contributed by atoms with Crippen LogP contribution in [-0.4, -0.2) is 34.5 Å². The zero-order valence-electron chi connectivity index (χ0n) is 12.9. The van der Waals surface area contributed by atoms with Gasteiger partial charge in [0.05, 0.1) is 0 Å². The minimum Gasteiger partial charge on any atom is -0.346 e. The number of rotatable bonds is 7. The fraction of sp³-hybridized carbons (Fsp3) is 0.438. The Morgan fingerprint density at radius 1 is 1.41 bits per heavy atom. The number of hydrogen-bond donors (Lipinski definition) is 0. The summed E-state index contributed by atoms with van der Waals surface area (Å²) in [7, 11) is 1.82. The summed E-state index contributed by atoms with van der Waals surface area (Å²) in [6, 6.07) is 7.26. The zero-order valence-corrected chi connectivity index (χ0v) is 13.6. The Balaban J connectivity index is 1.91. The average Bonchev–Trinajstić information content (AvgIpc) is 2.99. The van der Waals surface area contributed by atoms with Gasteiger partial charge in [-0.25, -0.2) is 0 Å². The number of carbonyl (C=O) groups excluding carboxylic acids is 1. The first-order chi connectivity index (χ1) is 10.6. The number of aryl methyl sites for hydroxylation is 1. The Morgan fingerprint density at radius 3 is 2.95 bits per heavy atom. The second-order valence-corrected chi connectivity index (χ2v) is 5.63. The van der Waals surface area contributed by atoms with Gasteiger partial charge in [-0.3, -0.25) is 4.79 Å². The summed E-state index contributed by atoms with van der Waals surface area (Å²) >= 11 is 5.94. The highest BCUT2D eigenvalue weighted by Gasteiger charge is 2.13. The van der Waals surface area contributed by atoms with Crippen molar-refractivity contribution in [2.45, 2.75) is 32.6 Å². The summed E-state index contributed by atoms with van der Waals surface area (Å²) in [5.74, 6) is 1.05. The molecule has 1 amide bonds. The molecule has 0 N–H and O–H groups in total. The number of carbonyl (C=O) groups is 1. The van der Waals surface area contributed by atoms with Crippen molar-refractivity contribution in [3.05, 3.63) is 35.2 Å². The molecule has 2 rings (SSSR count). The van der Waals surface area contributed by atoms with E-state index in [1.807, 2.05) is 19.2 Å². The molecule has 1 aromatic carbocycles. The van der Waals surface area contributed by atoms with E-state index in [0.717, 1.165) is 24.9 Å². The topological polar surface area (TPSA) is 59.2 Å². The van der Waals surface area contributed by atoms with Crippen molar-refractivity contribution in [1.29, 1.82) is 0 Å². The fourth-order valence-corrected chi connectivity index (χ4v) is 2.22. The van der Waals surface area contributed by atoms with Crippen molar-refractivity contribution < 1.29 is 9.32 Å². The number of hydrogen-bond acceptors (Lipinski definition) is 4. The average molecular weight is 322 g/mol. The van der Waals surface area contributed by atoms with E-state index in [9.17, 15) is 4.79 Å². The van der Waals surface area contributed by atoms with Crippen molar-refractivity contribution in [3.63, 3.8) is 0 Å². The smallest absolute Gasteiger partial charge is 0.227 e. The van der Waals surface area contributed by atoms with Gasteiger partial charge in [-0.1, -0.05) is 42.2 Å². The zero-order chi connectivity index (χ0) is 15.9. The Kier molecular flexibility index (Phi) is 5.95. The Morgan fingerprint density at radius 2 is 2.23 bits per heavy atom. The van der Waals surface area contributed by atoms with Crippen LogP contribution in [0.2, 0.25) is 5.02 Å². The molecule has 0 bridgehead atoms. The third-order valence-electron chi connectivity index (χ3n) is 3.38. The summed E-state index contributed by atoms with van der Waals surface area (Å²) in [6.45, 7) is 2.89. The molecule has 2 aromatic rings. The van der Waals surface area contributed by atoms with E-state index in [4.69, 9.17) is 16.1 Å². The molecule has 0 fully saturated rings. The molecule has 1 aromatic heterocycles. The van der Waals surface area contributed by atoms with Crippen LogP contribution in [-0.2, 0) is 11.2 Å². The first kappa shape index (κ1) is 16.5. The predicted molar refractivity (Wildman–Crippen MR) is 85.6 cm³/mol. The highest BCUT2D eigenvalue weighted by molar-refractivity contribution is 6.30. The molecule has 0 aliphatic carbocycles. The third-order valence-corrected chi connectivity index (χ3v) is 3.61. The van der Waals surface area contributed by atoms with Gasteiger partial charge >= 0.3 is 0 Å². The fourth-order valence-electron chi connectivity index (χ4n) is 2.03. The number of aromatic nitrogens is 2. The normalized spacial score (nSPS) is 10.7. The molecular formula is C16H20ClN3O2. The van der Waals surface area contributed by atoms with Gasteiger partial charge in [-0.15, -0.1) is 0 Å². The number of nitrogens with zero attached hydrogens (tertiary/aromatic N) is 3. The summed E-state index contributed by atoms with van der Waals surface area (Å²) in [5.41, 5.74) is 0.800. The molecule has 0 aliphatic heterocycles. The minimum absolute atomic E-state index is 0.0935. The largest absolute Gasteiger partial charge is 0.346 e. The molecule has 0 aliphatic rings. The van der Waals surface area contributed by atoms with Crippen LogP contribution in [0, 0.1) is 0 Å². The van der Waals surface area contributed by atoms with E-state index in [1.165, 1.54) is 0 Å². The van der Waals surface area contributed by atoms with Crippen LogP contribution in [0.15, 0.2) is 28.8 Å². The standard InChI is InChI=1S/C16H20ClN3O2/c1-3-4-10-20(2)15(21)9-8-14-18-16(19-22-14)12-6-5-7-13(17)11-12/h5-7,11H,3-4,8-10H2,1-2H3. The van der Waals surface area contributed by atoms with Crippen LogP contribution >= 0.6 is 11.6 Å². The number of halogens is 1. The van der Waals surface area contributed by atoms with E-state index in [1.54, 1.807) is 17.0 Å². The first-order valence-electron chi connectivity index (χ1n) is 7.42. The Labute approximate surface area is 135 Å². The molecule has 22 heavy (non-hydrogen) atoms. The van der Waals surface area contributed by atoms with Crippen molar-refractivity contribution in [1.82, 2.24) is 15.0 Å². The lowest BCUT2D eigenvalue weighted by Crippen LogP contribution is -2.27. The lowest BCUT2D eigenvalue weighted by atomic mass is 10.2. The Bertz CT molecular complexity index is 627. The van der Waals surface area contributed by atoms with E-state index >= 15 is 0 Å². The number of benzene rings is 1. The highest BCUT2D eigenvalue weighted by atomic mass is 35.5. The SMILES string of the molecule is CCCCN(C)C(=O)CCc1nc(-c2cccc(Cl)c2)no1. The minimum atomic E-state index is 0.0935. The molecule has 0 saturated carbocycles. The van der Waals surface area contributed by atoms with Gasteiger partial charge in [0.25, 0.3) is 0 Å². The quantitative estimate of drug-likeness (QED) is 0.782. The van der Waals surface area contributed by atoms with Gasteiger partial charge in [0.2, 0.25) is 17.6 Å². The molecular weight excluding hydrogens is 302 g/mol. The maximum atomic E-state index is 12.0. The molecule has 0 atom stereocenters. The van der Waals surface area contributed by atoms with Crippen molar-refractivity contribution >= 4 is 17.5 Å². The van der Waals surface area contributed by atoms with Gasteiger partial charge in [0.1, 0.15) is 0 Å². The van der Waals surface area contributed by atoms with Gasteiger partial charge in [-0.2, -0.15) is 4.98 Å². The monoisotopic (exact) mass is 321 g/mol. The molecule has 6 heteroatoms. The van der Waals surface area contributed by atoms with Gasteiger partial charge < -0.3 is 9.42 Å². The van der Waals surface area contributed by atoms with Crippen LogP contribution < -0.4 is 0 Å². The van der Waals surface area contributed by atoms with Gasteiger partial charge in [0.15, 0.2) is 0 Å². The molecule has 0 spiro atoms. The van der Waals surface area contributed by atoms with Crippen LogP contribution in [0.1, 0.15) is 32.1 Å². The second-order valence-electron chi connectivity index (χ2n) is 5.19. The summed E-state index contributed by atoms with van der Waals surface area (Å²) in [4.78, 5) is 18.0. The molecule has 1 heterocycles. The molecule has 0 saturated heterocycles. The van der Waals surface area contributed by atoms with Gasteiger partial charge in [0, 0.05) is 37.0 Å². The lowest BCUT2D eigenvalue weighted by molar-refractivity contribution is -0.130. The van der Waals surface area contributed by atoms with E-state index in [0.29, 0.717) is 29.6 Å². The maximum absolute atomic E-state index is 12.0. The van der Waals surface area contributed by atoms with Crippen LogP contribution in [0.25, 0.3) is 11.4 Å². The predicted octanol–water partition coefficient (Wildman–Crippen LogP) is 3.58.